The minimum Gasteiger partial charge on any atom is -0.363 e. The van der Waals surface area contributed by atoms with Crippen molar-refractivity contribution in [2.45, 2.75) is 75.8 Å². The van der Waals surface area contributed by atoms with Crippen LogP contribution < -0.4 is 21.3 Å². The second-order valence-electron chi connectivity index (χ2n) is 11.3. The smallest absolute Gasteiger partial charge is 0.223 e. The van der Waals surface area contributed by atoms with Gasteiger partial charge in [0.2, 0.25) is 5.91 Å². The van der Waals surface area contributed by atoms with Crippen LogP contribution in [0, 0.1) is 35.5 Å². The molecule has 0 aromatic carbocycles. The standard InChI is InChI=1S/C26H45Cl2N5O2/c1-3-35-25-21(8-16(2)13-32-25)19-9-18(15-33-26-29-6-7-30-26)10-20(12-19)24(34)31-14-17-4-5-22(27)23(28)11-17/h16-23,25,32H,3-15H2,1-2H3,(H,31,34)(H2,29,30,33). The van der Waals surface area contributed by atoms with Gasteiger partial charge in [-0.1, -0.05) is 6.92 Å². The molecule has 4 N–H and O–H groups in total. The van der Waals surface area contributed by atoms with E-state index in [-0.39, 0.29) is 28.8 Å². The average molecular weight is 531 g/mol. The fourth-order valence-corrected chi connectivity index (χ4v) is 7.26. The number of nitrogens with zero attached hydrogens (tertiary/aromatic N) is 1. The summed E-state index contributed by atoms with van der Waals surface area (Å²) in [6.45, 7) is 9.39. The number of hydrogen-bond donors (Lipinski definition) is 4. The molecule has 7 nitrogen and oxygen atoms in total. The maximum Gasteiger partial charge on any atom is 0.223 e. The van der Waals surface area contributed by atoms with Crippen molar-refractivity contribution in [3.63, 3.8) is 0 Å². The van der Waals surface area contributed by atoms with Gasteiger partial charge in [0.15, 0.2) is 5.96 Å². The van der Waals surface area contributed by atoms with Crippen LogP contribution in [0.3, 0.4) is 0 Å². The maximum absolute atomic E-state index is 13.4. The number of ether oxygens (including phenoxy) is 1. The Hall–Kier alpha value is -0.760. The third-order valence-corrected chi connectivity index (χ3v) is 9.63. The van der Waals surface area contributed by atoms with Crippen LogP contribution in [0.1, 0.15) is 58.8 Å². The van der Waals surface area contributed by atoms with Gasteiger partial charge in [-0.25, -0.2) is 0 Å². The number of amides is 1. The van der Waals surface area contributed by atoms with Gasteiger partial charge in [0.05, 0.1) is 11.9 Å². The summed E-state index contributed by atoms with van der Waals surface area (Å²) in [7, 11) is 0. The van der Waals surface area contributed by atoms with Crippen LogP contribution in [0.5, 0.6) is 0 Å². The Kier molecular flexibility index (Phi) is 10.3. The molecule has 9 heteroatoms. The Bertz CT molecular complexity index is 726. The lowest BCUT2D eigenvalue weighted by molar-refractivity contribution is -0.129. The Balaban J connectivity index is 1.39. The first kappa shape index (κ1) is 27.3. The molecule has 0 radical (unpaired) electrons. The molecule has 0 aromatic rings. The molecule has 2 aliphatic heterocycles. The van der Waals surface area contributed by atoms with Crippen LogP contribution in [0.2, 0.25) is 0 Å². The summed E-state index contributed by atoms with van der Waals surface area (Å²) < 4.78 is 6.14. The molecule has 2 aliphatic carbocycles. The third kappa shape index (κ3) is 7.62. The highest BCUT2D eigenvalue weighted by Gasteiger charge is 2.41. The Morgan fingerprint density at radius 1 is 1.09 bits per heavy atom. The van der Waals surface area contributed by atoms with Crippen LogP contribution in [-0.2, 0) is 9.53 Å². The molecule has 2 saturated carbocycles. The van der Waals surface area contributed by atoms with Crippen molar-refractivity contribution in [1.82, 2.24) is 21.3 Å². The molecule has 3 fully saturated rings. The number of carbonyl (C=O) groups is 1. The van der Waals surface area contributed by atoms with E-state index in [1.165, 1.54) is 0 Å². The van der Waals surface area contributed by atoms with Crippen LogP contribution in [-0.4, -0.2) is 68.2 Å². The second-order valence-corrected chi connectivity index (χ2v) is 12.4. The minimum atomic E-state index is 0.00485. The number of alkyl halides is 2. The first-order chi connectivity index (χ1) is 16.9. The normalized spacial score (nSPS) is 40.0. The lowest BCUT2D eigenvalue weighted by Gasteiger charge is -2.44. The van der Waals surface area contributed by atoms with Crippen LogP contribution >= 0.6 is 23.2 Å². The summed E-state index contributed by atoms with van der Waals surface area (Å²) in [4.78, 5) is 17.9. The number of piperidine rings is 1. The molecule has 0 spiro atoms. The zero-order chi connectivity index (χ0) is 24.8. The zero-order valence-corrected chi connectivity index (χ0v) is 22.9. The van der Waals surface area contributed by atoms with E-state index in [2.05, 4.69) is 40.1 Å². The first-order valence-corrected chi connectivity index (χ1v) is 14.7. The summed E-state index contributed by atoms with van der Waals surface area (Å²) in [6.07, 6.45) is 7.08. The quantitative estimate of drug-likeness (QED) is 0.362. The van der Waals surface area contributed by atoms with Gasteiger partial charge < -0.3 is 20.7 Å². The molecule has 4 rings (SSSR count). The van der Waals surface area contributed by atoms with E-state index < -0.39 is 0 Å². The molecule has 9 atom stereocenters. The third-order valence-electron chi connectivity index (χ3n) is 8.49. The number of carbonyl (C=O) groups excluding carboxylic acids is 1. The zero-order valence-electron chi connectivity index (χ0n) is 21.4. The maximum atomic E-state index is 13.4. The van der Waals surface area contributed by atoms with E-state index in [4.69, 9.17) is 27.9 Å². The minimum absolute atomic E-state index is 0.00485. The van der Waals surface area contributed by atoms with Crippen molar-refractivity contribution in [2.75, 3.05) is 39.3 Å². The van der Waals surface area contributed by atoms with E-state index in [9.17, 15) is 4.79 Å². The molecule has 35 heavy (non-hydrogen) atoms. The molecule has 9 unspecified atom stereocenters. The van der Waals surface area contributed by atoms with E-state index >= 15 is 0 Å². The first-order valence-electron chi connectivity index (χ1n) is 13.9. The number of rotatable bonds is 8. The van der Waals surface area contributed by atoms with Crippen molar-refractivity contribution >= 4 is 35.1 Å². The number of guanidine groups is 1. The molecular weight excluding hydrogens is 485 g/mol. The van der Waals surface area contributed by atoms with Crippen LogP contribution in [0.4, 0.5) is 0 Å². The van der Waals surface area contributed by atoms with Crippen molar-refractivity contribution in [1.29, 1.82) is 0 Å². The fraction of sp³-hybridized carbons (Fsp3) is 0.923. The molecular formula is C26H45Cl2N5O2. The highest BCUT2D eigenvalue weighted by atomic mass is 35.5. The van der Waals surface area contributed by atoms with Crippen molar-refractivity contribution in [3.8, 4) is 0 Å². The second kappa shape index (κ2) is 13.2. The monoisotopic (exact) mass is 529 g/mol. The summed E-state index contributed by atoms with van der Waals surface area (Å²) in [5, 5.41) is 13.8. The highest BCUT2D eigenvalue weighted by molar-refractivity contribution is 6.30. The Morgan fingerprint density at radius 2 is 1.94 bits per heavy atom. The van der Waals surface area contributed by atoms with Crippen LogP contribution in [0.15, 0.2) is 4.99 Å². The Morgan fingerprint density at radius 3 is 2.69 bits per heavy atom. The Labute approximate surface area is 221 Å². The van der Waals surface area contributed by atoms with Gasteiger partial charge in [-0.2, -0.15) is 0 Å². The highest BCUT2D eigenvalue weighted by Crippen LogP contribution is 2.42. The molecule has 2 heterocycles. The van der Waals surface area contributed by atoms with E-state index in [1.807, 2.05) is 0 Å². The summed E-state index contributed by atoms with van der Waals surface area (Å²) in [6, 6.07) is 0. The van der Waals surface area contributed by atoms with Gasteiger partial charge >= 0.3 is 0 Å². The van der Waals surface area contributed by atoms with Gasteiger partial charge in [-0.15, -0.1) is 23.2 Å². The molecule has 1 amide bonds. The fourth-order valence-electron chi connectivity index (χ4n) is 6.65. The largest absolute Gasteiger partial charge is 0.363 e. The SMILES string of the molecule is CCOC1NCC(C)CC1C1CC(CNC2=NCCN2)CC(C(=O)NCC2CCC(Cl)C(Cl)C2)C1. The van der Waals surface area contributed by atoms with Gasteiger partial charge in [0.25, 0.3) is 0 Å². The molecule has 1 saturated heterocycles. The number of nitrogens with one attached hydrogen (secondary N) is 4. The molecule has 0 bridgehead atoms. The van der Waals surface area contributed by atoms with Crippen molar-refractivity contribution in [3.05, 3.63) is 0 Å². The predicted molar refractivity (Wildman–Crippen MR) is 143 cm³/mol. The summed E-state index contributed by atoms with van der Waals surface area (Å²) >= 11 is 12.7. The van der Waals surface area contributed by atoms with Gasteiger partial charge in [-0.3, -0.25) is 15.1 Å². The van der Waals surface area contributed by atoms with Crippen molar-refractivity contribution in [2.24, 2.45) is 40.5 Å². The molecule has 0 aromatic heterocycles. The van der Waals surface area contributed by atoms with Gasteiger partial charge in [0, 0.05) is 50.0 Å². The number of aliphatic imine (C=N–C) groups is 1. The van der Waals surface area contributed by atoms with E-state index in [0.29, 0.717) is 42.7 Å². The lowest BCUT2D eigenvalue weighted by atomic mass is 9.67. The number of halogens is 2. The summed E-state index contributed by atoms with van der Waals surface area (Å²) in [5.74, 6) is 3.54. The van der Waals surface area contributed by atoms with E-state index in [0.717, 1.165) is 77.1 Å². The molecule has 200 valence electrons. The molecule has 4 aliphatic rings. The number of hydrogen-bond acceptors (Lipinski definition) is 6. The van der Waals surface area contributed by atoms with Gasteiger partial charge in [-0.05, 0) is 75.5 Å². The average Bonchev–Trinajstić information content (AvgIpc) is 3.38. The topological polar surface area (TPSA) is 86.8 Å². The van der Waals surface area contributed by atoms with Gasteiger partial charge in [0.1, 0.15) is 6.23 Å². The van der Waals surface area contributed by atoms with Crippen molar-refractivity contribution < 1.29 is 9.53 Å². The van der Waals surface area contributed by atoms with Crippen LogP contribution in [0.25, 0.3) is 0 Å². The predicted octanol–water partition coefficient (Wildman–Crippen LogP) is 3.31. The lowest BCUT2D eigenvalue weighted by Crippen LogP contribution is -2.51. The van der Waals surface area contributed by atoms with E-state index in [1.54, 1.807) is 0 Å². The summed E-state index contributed by atoms with van der Waals surface area (Å²) in [5.41, 5.74) is 0.